The number of benzene rings is 2. The molecule has 1 atom stereocenters. The molecule has 2 aromatic carbocycles. The fourth-order valence-corrected chi connectivity index (χ4v) is 3.32. The first kappa shape index (κ1) is 19.9. The van der Waals surface area contributed by atoms with Crippen LogP contribution in [0.5, 0.6) is 5.75 Å². The fourth-order valence-electron chi connectivity index (χ4n) is 3.32. The highest BCUT2D eigenvalue weighted by atomic mass is 16.5. The zero-order chi connectivity index (χ0) is 19.8. The number of ether oxygens (including phenoxy) is 2. The second-order valence-corrected chi connectivity index (χ2v) is 6.85. The van der Waals surface area contributed by atoms with E-state index in [1.165, 1.54) is 5.56 Å². The molecule has 0 bridgehead atoms. The van der Waals surface area contributed by atoms with Crippen LogP contribution in [-0.2, 0) is 16.1 Å². The number of anilines is 1. The molecule has 1 aliphatic rings. The van der Waals surface area contributed by atoms with Crippen LogP contribution >= 0.6 is 0 Å². The van der Waals surface area contributed by atoms with Gasteiger partial charge in [0.15, 0.2) is 0 Å². The number of carbonyl (C=O) groups is 2. The molecule has 0 spiro atoms. The van der Waals surface area contributed by atoms with E-state index in [2.05, 4.69) is 22.3 Å². The number of piperidine rings is 1. The third-order valence-electron chi connectivity index (χ3n) is 4.68. The van der Waals surface area contributed by atoms with E-state index in [9.17, 15) is 9.59 Å². The first-order chi connectivity index (χ1) is 13.6. The van der Waals surface area contributed by atoms with Crippen molar-refractivity contribution in [2.45, 2.75) is 26.3 Å². The Labute approximate surface area is 165 Å². The number of rotatable bonds is 6. The van der Waals surface area contributed by atoms with E-state index in [1.807, 2.05) is 18.2 Å². The summed E-state index contributed by atoms with van der Waals surface area (Å²) in [5, 5.41) is 2.61. The molecule has 6 nitrogen and oxygen atoms in total. The number of esters is 1. The van der Waals surface area contributed by atoms with Crippen LogP contribution in [0.2, 0.25) is 0 Å². The van der Waals surface area contributed by atoms with Crippen molar-refractivity contribution in [1.82, 2.24) is 4.90 Å². The summed E-state index contributed by atoms with van der Waals surface area (Å²) in [4.78, 5) is 26.3. The Kier molecular flexibility index (Phi) is 7.03. The summed E-state index contributed by atoms with van der Waals surface area (Å²) in [5.41, 5.74) is 1.84. The molecule has 1 heterocycles. The van der Waals surface area contributed by atoms with E-state index in [-0.39, 0.29) is 11.9 Å². The molecule has 0 aromatic heterocycles. The summed E-state index contributed by atoms with van der Waals surface area (Å²) in [7, 11) is 0. The van der Waals surface area contributed by atoms with Crippen LogP contribution in [0.1, 0.15) is 25.3 Å². The van der Waals surface area contributed by atoms with Crippen molar-refractivity contribution in [1.29, 1.82) is 0 Å². The SMILES string of the molecule is CCOC(=O)Nc1ccc(OC(=O)C2CCCN(Cc3ccccc3)C2)cc1. The van der Waals surface area contributed by atoms with Gasteiger partial charge in [0.25, 0.3) is 0 Å². The van der Waals surface area contributed by atoms with Gasteiger partial charge in [0.2, 0.25) is 0 Å². The van der Waals surface area contributed by atoms with Gasteiger partial charge < -0.3 is 9.47 Å². The quantitative estimate of drug-likeness (QED) is 0.602. The van der Waals surface area contributed by atoms with E-state index < -0.39 is 6.09 Å². The third kappa shape index (κ3) is 5.82. The van der Waals surface area contributed by atoms with Gasteiger partial charge >= 0.3 is 12.1 Å². The minimum atomic E-state index is -0.507. The molecule has 148 valence electrons. The Morgan fingerprint density at radius 2 is 1.86 bits per heavy atom. The van der Waals surface area contributed by atoms with Crippen molar-refractivity contribution in [3.8, 4) is 5.75 Å². The van der Waals surface area contributed by atoms with Crippen molar-refractivity contribution in [3.63, 3.8) is 0 Å². The Hall–Kier alpha value is -2.86. The van der Waals surface area contributed by atoms with Crippen molar-refractivity contribution in [2.24, 2.45) is 5.92 Å². The van der Waals surface area contributed by atoms with Gasteiger partial charge in [0.05, 0.1) is 12.5 Å². The van der Waals surface area contributed by atoms with Gasteiger partial charge in [-0.05, 0) is 56.1 Å². The van der Waals surface area contributed by atoms with Crippen LogP contribution in [0.3, 0.4) is 0 Å². The Morgan fingerprint density at radius 3 is 2.57 bits per heavy atom. The molecule has 1 N–H and O–H groups in total. The predicted octanol–water partition coefficient (Wildman–Crippen LogP) is 4.07. The lowest BCUT2D eigenvalue weighted by atomic mass is 9.97. The average molecular weight is 382 g/mol. The molecule has 0 saturated carbocycles. The second-order valence-electron chi connectivity index (χ2n) is 6.85. The van der Waals surface area contributed by atoms with Crippen molar-refractivity contribution in [3.05, 3.63) is 60.2 Å². The molecule has 6 heteroatoms. The molecule has 2 aromatic rings. The van der Waals surface area contributed by atoms with Gasteiger partial charge in [0, 0.05) is 18.8 Å². The Morgan fingerprint density at radius 1 is 1.11 bits per heavy atom. The van der Waals surface area contributed by atoms with E-state index in [0.717, 1.165) is 25.9 Å². The standard InChI is InChI=1S/C22H26N2O4/c1-2-27-22(26)23-19-10-12-20(13-11-19)28-21(25)18-9-6-14-24(16-18)15-17-7-4-3-5-8-17/h3-5,7-8,10-13,18H,2,6,9,14-16H2,1H3,(H,23,26). The number of hydrogen-bond acceptors (Lipinski definition) is 5. The maximum Gasteiger partial charge on any atom is 0.411 e. The zero-order valence-electron chi connectivity index (χ0n) is 16.1. The van der Waals surface area contributed by atoms with E-state index >= 15 is 0 Å². The number of hydrogen-bond donors (Lipinski definition) is 1. The number of nitrogens with zero attached hydrogens (tertiary/aromatic N) is 1. The van der Waals surface area contributed by atoms with Crippen molar-refractivity contribution >= 4 is 17.7 Å². The summed E-state index contributed by atoms with van der Waals surface area (Å²) in [5.74, 6) is 0.137. The minimum absolute atomic E-state index is 0.130. The van der Waals surface area contributed by atoms with Gasteiger partial charge in [-0.2, -0.15) is 0 Å². The van der Waals surface area contributed by atoms with E-state index in [4.69, 9.17) is 9.47 Å². The third-order valence-corrected chi connectivity index (χ3v) is 4.68. The van der Waals surface area contributed by atoms with E-state index in [0.29, 0.717) is 24.6 Å². The van der Waals surface area contributed by atoms with E-state index in [1.54, 1.807) is 31.2 Å². The summed E-state index contributed by atoms with van der Waals surface area (Å²) in [6.07, 6.45) is 1.31. The first-order valence-corrected chi connectivity index (χ1v) is 9.66. The molecular weight excluding hydrogens is 356 g/mol. The largest absolute Gasteiger partial charge is 0.450 e. The molecule has 0 aliphatic carbocycles. The van der Waals surface area contributed by atoms with Crippen molar-refractivity contribution in [2.75, 3.05) is 25.0 Å². The highest BCUT2D eigenvalue weighted by Gasteiger charge is 2.27. The lowest BCUT2D eigenvalue weighted by Gasteiger charge is -2.31. The normalized spacial score (nSPS) is 17.0. The molecular formula is C22H26N2O4. The Balaban J connectivity index is 1.51. The first-order valence-electron chi connectivity index (χ1n) is 9.66. The fraction of sp³-hybridized carbons (Fsp3) is 0.364. The highest BCUT2D eigenvalue weighted by molar-refractivity contribution is 5.84. The van der Waals surface area contributed by atoms with Gasteiger partial charge in [-0.25, -0.2) is 4.79 Å². The highest BCUT2D eigenvalue weighted by Crippen LogP contribution is 2.22. The lowest BCUT2D eigenvalue weighted by molar-refractivity contribution is -0.140. The van der Waals surface area contributed by atoms with Gasteiger partial charge in [-0.1, -0.05) is 30.3 Å². The number of carbonyl (C=O) groups excluding carboxylic acids is 2. The van der Waals surface area contributed by atoms with Crippen LogP contribution in [0.25, 0.3) is 0 Å². The van der Waals surface area contributed by atoms with Gasteiger partial charge in [-0.3, -0.25) is 15.0 Å². The second kappa shape index (κ2) is 9.90. The summed E-state index contributed by atoms with van der Waals surface area (Å²) in [6, 6.07) is 17.0. The zero-order valence-corrected chi connectivity index (χ0v) is 16.1. The van der Waals surface area contributed by atoms with Crippen molar-refractivity contribution < 1.29 is 19.1 Å². The molecule has 3 rings (SSSR count). The molecule has 1 aliphatic heterocycles. The number of likely N-dealkylation sites (tertiary alicyclic amines) is 1. The molecule has 0 radical (unpaired) electrons. The van der Waals surface area contributed by atoms with Crippen LogP contribution in [0.15, 0.2) is 54.6 Å². The molecule has 1 fully saturated rings. The van der Waals surface area contributed by atoms with Gasteiger partial charge in [-0.15, -0.1) is 0 Å². The maximum atomic E-state index is 12.6. The topological polar surface area (TPSA) is 67.9 Å². The average Bonchev–Trinajstić information content (AvgIpc) is 2.70. The minimum Gasteiger partial charge on any atom is -0.450 e. The number of amides is 1. The maximum absolute atomic E-state index is 12.6. The molecule has 1 amide bonds. The van der Waals surface area contributed by atoms with Crippen LogP contribution in [0.4, 0.5) is 10.5 Å². The molecule has 28 heavy (non-hydrogen) atoms. The smallest absolute Gasteiger partial charge is 0.411 e. The predicted molar refractivity (Wildman–Crippen MR) is 107 cm³/mol. The van der Waals surface area contributed by atoms with Crippen LogP contribution in [-0.4, -0.2) is 36.7 Å². The van der Waals surface area contributed by atoms with Crippen LogP contribution in [0, 0.1) is 5.92 Å². The summed E-state index contributed by atoms with van der Waals surface area (Å²) < 4.78 is 10.4. The monoisotopic (exact) mass is 382 g/mol. The lowest BCUT2D eigenvalue weighted by Crippen LogP contribution is -2.39. The molecule has 1 unspecified atom stereocenters. The van der Waals surface area contributed by atoms with Gasteiger partial charge in [0.1, 0.15) is 5.75 Å². The molecule has 1 saturated heterocycles. The Bertz CT molecular complexity index is 777. The number of nitrogens with one attached hydrogen (secondary N) is 1. The van der Waals surface area contributed by atoms with Crippen LogP contribution < -0.4 is 10.1 Å². The summed E-state index contributed by atoms with van der Waals surface area (Å²) in [6.45, 7) is 4.60. The summed E-state index contributed by atoms with van der Waals surface area (Å²) >= 11 is 0.